The molecule has 0 spiro atoms. The minimum atomic E-state index is 0.0398. The number of carbonyl (C=O) groups is 1. The number of amides is 1. The molecule has 2 rings (SSSR count). The Kier molecular flexibility index (Phi) is 4.37. The summed E-state index contributed by atoms with van der Waals surface area (Å²) in [4.78, 5) is 17.8. The fraction of sp³-hybridized carbons (Fsp3) is 0.571. The van der Waals surface area contributed by atoms with Gasteiger partial charge in [-0.2, -0.15) is 0 Å². The maximum atomic E-state index is 11.0. The third kappa shape index (κ3) is 3.44. The SMILES string of the molecule is CNC(C)c1ccc(N2CCC(NC(C)=O)C2)nc1. The van der Waals surface area contributed by atoms with E-state index in [2.05, 4.69) is 39.6 Å². The minimum absolute atomic E-state index is 0.0398. The van der Waals surface area contributed by atoms with Gasteiger partial charge < -0.3 is 15.5 Å². The fourth-order valence-electron chi connectivity index (χ4n) is 2.38. The molecule has 2 heterocycles. The molecule has 0 saturated carbocycles. The zero-order valence-electron chi connectivity index (χ0n) is 11.8. The molecule has 1 aromatic rings. The van der Waals surface area contributed by atoms with E-state index in [1.807, 2.05) is 13.2 Å². The van der Waals surface area contributed by atoms with Crippen LogP contribution in [0, 0.1) is 0 Å². The molecule has 2 N–H and O–H groups in total. The smallest absolute Gasteiger partial charge is 0.217 e. The summed E-state index contributed by atoms with van der Waals surface area (Å²) in [5, 5.41) is 6.16. The Hall–Kier alpha value is -1.62. The zero-order chi connectivity index (χ0) is 13.8. The van der Waals surface area contributed by atoms with Crippen molar-refractivity contribution in [3.63, 3.8) is 0 Å². The Balaban J connectivity index is 1.98. The highest BCUT2D eigenvalue weighted by Crippen LogP contribution is 2.20. The quantitative estimate of drug-likeness (QED) is 0.852. The summed E-state index contributed by atoms with van der Waals surface area (Å²) in [5.74, 6) is 1.03. The molecule has 2 unspecified atom stereocenters. The predicted octanol–water partition coefficient (Wildman–Crippen LogP) is 1.08. The van der Waals surface area contributed by atoms with Crippen LogP contribution in [-0.4, -0.2) is 37.1 Å². The average Bonchev–Trinajstić information content (AvgIpc) is 2.85. The van der Waals surface area contributed by atoms with Crippen molar-refractivity contribution in [3.05, 3.63) is 23.9 Å². The molecule has 19 heavy (non-hydrogen) atoms. The first-order valence-corrected chi connectivity index (χ1v) is 6.75. The number of nitrogens with zero attached hydrogens (tertiary/aromatic N) is 2. The van der Waals surface area contributed by atoms with Crippen LogP contribution >= 0.6 is 0 Å². The molecule has 0 bridgehead atoms. The van der Waals surface area contributed by atoms with Gasteiger partial charge in [-0.05, 0) is 32.0 Å². The molecule has 0 aliphatic carbocycles. The number of aromatic nitrogens is 1. The Morgan fingerprint density at radius 3 is 2.89 bits per heavy atom. The lowest BCUT2D eigenvalue weighted by Crippen LogP contribution is -2.35. The van der Waals surface area contributed by atoms with Gasteiger partial charge in [0, 0.05) is 38.3 Å². The van der Waals surface area contributed by atoms with Gasteiger partial charge in [0.15, 0.2) is 0 Å². The molecule has 1 fully saturated rings. The first-order valence-electron chi connectivity index (χ1n) is 6.75. The molecular formula is C14H22N4O. The number of anilines is 1. The Morgan fingerprint density at radius 2 is 2.32 bits per heavy atom. The van der Waals surface area contributed by atoms with Crippen LogP contribution in [0.4, 0.5) is 5.82 Å². The van der Waals surface area contributed by atoms with E-state index in [4.69, 9.17) is 0 Å². The van der Waals surface area contributed by atoms with Gasteiger partial charge in [-0.3, -0.25) is 4.79 Å². The normalized spacial score (nSPS) is 20.4. The summed E-state index contributed by atoms with van der Waals surface area (Å²) >= 11 is 0. The van der Waals surface area contributed by atoms with Gasteiger partial charge in [0.2, 0.25) is 5.91 Å². The monoisotopic (exact) mass is 262 g/mol. The van der Waals surface area contributed by atoms with Crippen molar-refractivity contribution in [2.75, 3.05) is 25.0 Å². The molecule has 5 heteroatoms. The standard InChI is InChI=1S/C14H22N4O/c1-10(15-3)12-4-5-14(16-8-12)18-7-6-13(9-18)17-11(2)19/h4-5,8,10,13,15H,6-7,9H2,1-3H3,(H,17,19). The summed E-state index contributed by atoms with van der Waals surface area (Å²) in [7, 11) is 1.94. The Bertz CT molecular complexity index is 432. The van der Waals surface area contributed by atoms with Crippen molar-refractivity contribution in [3.8, 4) is 0 Å². The predicted molar refractivity (Wildman–Crippen MR) is 76.1 cm³/mol. The summed E-state index contributed by atoms with van der Waals surface area (Å²) in [6, 6.07) is 4.72. The highest BCUT2D eigenvalue weighted by molar-refractivity contribution is 5.73. The molecule has 0 aromatic carbocycles. The number of carbonyl (C=O) groups excluding carboxylic acids is 1. The van der Waals surface area contributed by atoms with Crippen molar-refractivity contribution in [1.29, 1.82) is 0 Å². The molecule has 2 atom stereocenters. The van der Waals surface area contributed by atoms with Crippen molar-refractivity contribution < 1.29 is 4.79 Å². The number of hydrogen-bond donors (Lipinski definition) is 2. The van der Waals surface area contributed by atoms with E-state index in [0.717, 1.165) is 25.3 Å². The van der Waals surface area contributed by atoms with Crippen LogP contribution in [0.5, 0.6) is 0 Å². The Labute approximate surface area is 114 Å². The van der Waals surface area contributed by atoms with Crippen LogP contribution in [-0.2, 0) is 4.79 Å². The fourth-order valence-corrected chi connectivity index (χ4v) is 2.38. The van der Waals surface area contributed by atoms with E-state index < -0.39 is 0 Å². The summed E-state index contributed by atoms with van der Waals surface area (Å²) in [6.07, 6.45) is 2.90. The van der Waals surface area contributed by atoms with Gasteiger partial charge in [-0.1, -0.05) is 6.07 Å². The molecular weight excluding hydrogens is 240 g/mol. The first kappa shape index (κ1) is 13.8. The molecule has 5 nitrogen and oxygen atoms in total. The first-order chi connectivity index (χ1) is 9.10. The topological polar surface area (TPSA) is 57.3 Å². The zero-order valence-corrected chi connectivity index (χ0v) is 11.8. The number of pyridine rings is 1. The van der Waals surface area contributed by atoms with Crippen molar-refractivity contribution >= 4 is 11.7 Å². The molecule has 1 aromatic heterocycles. The maximum absolute atomic E-state index is 11.0. The second kappa shape index (κ2) is 6.02. The number of nitrogens with one attached hydrogen (secondary N) is 2. The highest BCUT2D eigenvalue weighted by Gasteiger charge is 2.23. The van der Waals surface area contributed by atoms with E-state index in [0.29, 0.717) is 6.04 Å². The van der Waals surface area contributed by atoms with E-state index >= 15 is 0 Å². The number of rotatable bonds is 4. The third-order valence-corrected chi connectivity index (χ3v) is 3.62. The summed E-state index contributed by atoms with van der Waals surface area (Å²) in [6.45, 7) is 5.46. The molecule has 1 saturated heterocycles. The van der Waals surface area contributed by atoms with Crippen LogP contribution in [0.3, 0.4) is 0 Å². The van der Waals surface area contributed by atoms with Gasteiger partial charge >= 0.3 is 0 Å². The van der Waals surface area contributed by atoms with E-state index in [1.165, 1.54) is 5.56 Å². The minimum Gasteiger partial charge on any atom is -0.354 e. The van der Waals surface area contributed by atoms with Gasteiger partial charge in [0.25, 0.3) is 0 Å². The van der Waals surface area contributed by atoms with Gasteiger partial charge in [-0.25, -0.2) is 4.98 Å². The van der Waals surface area contributed by atoms with Crippen molar-refractivity contribution in [1.82, 2.24) is 15.6 Å². The van der Waals surface area contributed by atoms with Crippen LogP contribution < -0.4 is 15.5 Å². The van der Waals surface area contributed by atoms with E-state index in [9.17, 15) is 4.79 Å². The largest absolute Gasteiger partial charge is 0.354 e. The molecule has 1 amide bonds. The molecule has 0 radical (unpaired) electrons. The second-order valence-electron chi connectivity index (χ2n) is 5.09. The lowest BCUT2D eigenvalue weighted by atomic mass is 10.1. The molecule has 1 aliphatic heterocycles. The van der Waals surface area contributed by atoms with Crippen LogP contribution in [0.25, 0.3) is 0 Å². The lowest BCUT2D eigenvalue weighted by Gasteiger charge is -2.18. The van der Waals surface area contributed by atoms with Gasteiger partial charge in [-0.15, -0.1) is 0 Å². The molecule has 1 aliphatic rings. The van der Waals surface area contributed by atoms with Gasteiger partial charge in [0.1, 0.15) is 5.82 Å². The lowest BCUT2D eigenvalue weighted by molar-refractivity contribution is -0.119. The van der Waals surface area contributed by atoms with Crippen molar-refractivity contribution in [2.45, 2.75) is 32.4 Å². The number of hydrogen-bond acceptors (Lipinski definition) is 4. The average molecular weight is 262 g/mol. The van der Waals surface area contributed by atoms with Crippen LogP contribution in [0.1, 0.15) is 31.9 Å². The third-order valence-electron chi connectivity index (χ3n) is 3.62. The van der Waals surface area contributed by atoms with Crippen molar-refractivity contribution in [2.24, 2.45) is 0 Å². The maximum Gasteiger partial charge on any atom is 0.217 e. The second-order valence-corrected chi connectivity index (χ2v) is 5.09. The summed E-state index contributed by atoms with van der Waals surface area (Å²) < 4.78 is 0. The molecule has 104 valence electrons. The van der Waals surface area contributed by atoms with E-state index in [-0.39, 0.29) is 11.9 Å². The Morgan fingerprint density at radius 1 is 1.53 bits per heavy atom. The van der Waals surface area contributed by atoms with Crippen LogP contribution in [0.2, 0.25) is 0 Å². The van der Waals surface area contributed by atoms with E-state index in [1.54, 1.807) is 6.92 Å². The summed E-state index contributed by atoms with van der Waals surface area (Å²) in [5.41, 5.74) is 1.18. The highest BCUT2D eigenvalue weighted by atomic mass is 16.1. The van der Waals surface area contributed by atoms with Gasteiger partial charge in [0.05, 0.1) is 0 Å². The van der Waals surface area contributed by atoms with Crippen LogP contribution in [0.15, 0.2) is 18.3 Å².